The number of carbonyl (C=O) groups excluding carboxylic acids is 1. The molecular formula is C14H16F3NO3. The van der Waals surface area contributed by atoms with Crippen LogP contribution in [0.4, 0.5) is 13.2 Å². The molecule has 1 rings (SSSR count). The van der Waals surface area contributed by atoms with Gasteiger partial charge in [-0.1, -0.05) is 12.1 Å². The summed E-state index contributed by atoms with van der Waals surface area (Å²) in [6, 6.07) is 4.34. The second-order valence-electron chi connectivity index (χ2n) is 4.96. The Bertz CT molecular complexity index is 553. The van der Waals surface area contributed by atoms with Crippen LogP contribution in [0.2, 0.25) is 0 Å². The van der Waals surface area contributed by atoms with Crippen molar-refractivity contribution in [3.8, 4) is 0 Å². The third kappa shape index (κ3) is 3.34. The van der Waals surface area contributed by atoms with Gasteiger partial charge in [0.1, 0.15) is 5.54 Å². The van der Waals surface area contributed by atoms with Crippen LogP contribution in [0.25, 0.3) is 0 Å². The minimum absolute atomic E-state index is 0.0235. The normalized spacial score (nSPS) is 12.1. The van der Waals surface area contributed by atoms with Crippen LogP contribution in [0.1, 0.15) is 36.7 Å². The van der Waals surface area contributed by atoms with Gasteiger partial charge in [0.05, 0.1) is 11.1 Å². The van der Waals surface area contributed by atoms with Gasteiger partial charge in [-0.15, -0.1) is 0 Å². The van der Waals surface area contributed by atoms with Crippen LogP contribution in [-0.4, -0.2) is 34.0 Å². The molecule has 0 bridgehead atoms. The number of aliphatic carboxylic acids is 1. The molecule has 7 heteroatoms. The molecule has 0 spiro atoms. The molecule has 0 fully saturated rings. The quantitative estimate of drug-likeness (QED) is 0.930. The van der Waals surface area contributed by atoms with E-state index < -0.39 is 34.7 Å². The second-order valence-corrected chi connectivity index (χ2v) is 4.96. The molecule has 0 aromatic heterocycles. The lowest BCUT2D eigenvalue weighted by Gasteiger charge is -2.34. The van der Waals surface area contributed by atoms with Crippen LogP contribution in [-0.2, 0) is 11.0 Å². The number of amides is 1. The number of carbonyl (C=O) groups is 2. The number of nitrogens with zero attached hydrogens (tertiary/aromatic N) is 1. The Morgan fingerprint density at radius 3 is 2.14 bits per heavy atom. The van der Waals surface area contributed by atoms with Crippen molar-refractivity contribution in [3.05, 3.63) is 35.4 Å². The summed E-state index contributed by atoms with van der Waals surface area (Å²) in [5, 5.41) is 9.15. The lowest BCUT2D eigenvalue weighted by Crippen LogP contribution is -2.53. The molecule has 0 aliphatic carbocycles. The monoisotopic (exact) mass is 303 g/mol. The fourth-order valence-corrected chi connectivity index (χ4v) is 1.97. The molecule has 1 aromatic rings. The number of likely N-dealkylation sites (N-methyl/N-ethyl adjacent to an activating group) is 1. The van der Waals surface area contributed by atoms with Crippen LogP contribution in [0.15, 0.2) is 24.3 Å². The maximum absolute atomic E-state index is 12.9. The molecular weight excluding hydrogens is 287 g/mol. The van der Waals surface area contributed by atoms with E-state index in [9.17, 15) is 22.8 Å². The van der Waals surface area contributed by atoms with Gasteiger partial charge in [-0.05, 0) is 32.9 Å². The molecule has 0 heterocycles. The summed E-state index contributed by atoms with van der Waals surface area (Å²) < 4.78 is 38.8. The largest absolute Gasteiger partial charge is 0.480 e. The first kappa shape index (κ1) is 17.0. The van der Waals surface area contributed by atoms with Gasteiger partial charge in [0.2, 0.25) is 0 Å². The zero-order chi connectivity index (χ0) is 16.4. The average Bonchev–Trinajstić information content (AvgIpc) is 2.37. The van der Waals surface area contributed by atoms with Crippen LogP contribution in [0.3, 0.4) is 0 Å². The van der Waals surface area contributed by atoms with E-state index in [0.717, 1.165) is 17.0 Å². The third-order valence-electron chi connectivity index (χ3n) is 3.22. The van der Waals surface area contributed by atoms with Gasteiger partial charge < -0.3 is 10.0 Å². The van der Waals surface area contributed by atoms with Gasteiger partial charge in [0.25, 0.3) is 5.91 Å². The highest BCUT2D eigenvalue weighted by Crippen LogP contribution is 2.33. The molecule has 0 radical (unpaired) electrons. The summed E-state index contributed by atoms with van der Waals surface area (Å²) in [6.45, 7) is 4.03. The average molecular weight is 303 g/mol. The highest BCUT2D eigenvalue weighted by Gasteiger charge is 2.41. The third-order valence-corrected chi connectivity index (χ3v) is 3.22. The van der Waals surface area contributed by atoms with Gasteiger partial charge in [0, 0.05) is 6.54 Å². The highest BCUT2D eigenvalue weighted by molar-refractivity contribution is 5.99. The van der Waals surface area contributed by atoms with Crippen molar-refractivity contribution >= 4 is 11.9 Å². The predicted molar refractivity (Wildman–Crippen MR) is 69.9 cm³/mol. The SMILES string of the molecule is CCN(C(=O)c1ccccc1C(F)(F)F)C(C)(C)C(=O)O. The molecule has 0 unspecified atom stereocenters. The summed E-state index contributed by atoms with van der Waals surface area (Å²) in [5.41, 5.74) is -3.24. The summed E-state index contributed by atoms with van der Waals surface area (Å²) in [6.07, 6.45) is -4.68. The first-order chi connectivity index (χ1) is 9.53. The Balaban J connectivity index is 3.34. The Morgan fingerprint density at radius 1 is 1.19 bits per heavy atom. The summed E-state index contributed by atoms with van der Waals surface area (Å²) in [7, 11) is 0. The number of carboxylic acids is 1. The second kappa shape index (κ2) is 5.75. The lowest BCUT2D eigenvalue weighted by atomic mass is 9.99. The fraction of sp³-hybridized carbons (Fsp3) is 0.429. The fourth-order valence-electron chi connectivity index (χ4n) is 1.97. The number of carboxylic acid groups (broad SMARTS) is 1. The van der Waals surface area contributed by atoms with E-state index >= 15 is 0 Å². The zero-order valence-corrected chi connectivity index (χ0v) is 11.9. The number of rotatable bonds is 4. The molecule has 116 valence electrons. The van der Waals surface area contributed by atoms with Crippen LogP contribution >= 0.6 is 0 Å². The van der Waals surface area contributed by atoms with Gasteiger partial charge in [0.15, 0.2) is 0 Å². The molecule has 1 amide bonds. The van der Waals surface area contributed by atoms with Crippen LogP contribution < -0.4 is 0 Å². The smallest absolute Gasteiger partial charge is 0.417 e. The lowest BCUT2D eigenvalue weighted by molar-refractivity contribution is -0.147. The van der Waals surface area contributed by atoms with Crippen molar-refractivity contribution in [2.24, 2.45) is 0 Å². The van der Waals surface area contributed by atoms with Crippen LogP contribution in [0.5, 0.6) is 0 Å². The number of halogens is 3. The first-order valence-corrected chi connectivity index (χ1v) is 6.25. The maximum atomic E-state index is 12.9. The molecule has 0 aliphatic heterocycles. The summed E-state index contributed by atoms with van der Waals surface area (Å²) in [5.74, 6) is -2.25. The van der Waals surface area contributed by atoms with Crippen molar-refractivity contribution in [2.45, 2.75) is 32.5 Å². The number of benzene rings is 1. The number of alkyl halides is 3. The maximum Gasteiger partial charge on any atom is 0.417 e. The highest BCUT2D eigenvalue weighted by atomic mass is 19.4. The number of hydrogen-bond donors (Lipinski definition) is 1. The summed E-state index contributed by atoms with van der Waals surface area (Å²) >= 11 is 0. The molecule has 0 aliphatic rings. The molecule has 0 saturated carbocycles. The van der Waals surface area contributed by atoms with Gasteiger partial charge in [-0.3, -0.25) is 4.79 Å². The van der Waals surface area contributed by atoms with Crippen LogP contribution in [0, 0.1) is 0 Å². The van der Waals surface area contributed by atoms with Gasteiger partial charge >= 0.3 is 12.1 Å². The standard InChI is InChI=1S/C14H16F3NO3/c1-4-18(13(2,3)12(20)21)11(19)9-7-5-6-8-10(9)14(15,16)17/h5-8H,4H2,1-3H3,(H,20,21). The number of hydrogen-bond acceptors (Lipinski definition) is 2. The van der Waals surface area contributed by atoms with Crippen molar-refractivity contribution in [1.82, 2.24) is 4.90 Å². The van der Waals surface area contributed by atoms with E-state index in [-0.39, 0.29) is 6.54 Å². The minimum atomic E-state index is -4.68. The van der Waals surface area contributed by atoms with E-state index in [2.05, 4.69) is 0 Å². The zero-order valence-electron chi connectivity index (χ0n) is 11.9. The van der Waals surface area contributed by atoms with Gasteiger partial charge in [-0.25, -0.2) is 4.79 Å². The Kier molecular flexibility index (Phi) is 4.65. The Morgan fingerprint density at radius 2 is 1.71 bits per heavy atom. The van der Waals surface area contributed by atoms with Crippen molar-refractivity contribution in [2.75, 3.05) is 6.54 Å². The summed E-state index contributed by atoms with van der Waals surface area (Å²) in [4.78, 5) is 24.5. The molecule has 4 nitrogen and oxygen atoms in total. The molecule has 21 heavy (non-hydrogen) atoms. The minimum Gasteiger partial charge on any atom is -0.480 e. The topological polar surface area (TPSA) is 57.6 Å². The molecule has 1 N–H and O–H groups in total. The van der Waals surface area contributed by atoms with E-state index in [4.69, 9.17) is 5.11 Å². The van der Waals surface area contributed by atoms with E-state index in [1.165, 1.54) is 32.9 Å². The molecule has 0 saturated heterocycles. The van der Waals surface area contributed by atoms with E-state index in [1.807, 2.05) is 0 Å². The molecule has 0 atom stereocenters. The van der Waals surface area contributed by atoms with Crippen molar-refractivity contribution < 1.29 is 27.9 Å². The van der Waals surface area contributed by atoms with E-state index in [0.29, 0.717) is 0 Å². The van der Waals surface area contributed by atoms with Gasteiger partial charge in [-0.2, -0.15) is 13.2 Å². The van der Waals surface area contributed by atoms with Crippen molar-refractivity contribution in [1.29, 1.82) is 0 Å². The predicted octanol–water partition coefficient (Wildman–Crippen LogP) is 3.03. The van der Waals surface area contributed by atoms with Crippen molar-refractivity contribution in [3.63, 3.8) is 0 Å². The first-order valence-electron chi connectivity index (χ1n) is 6.25. The van der Waals surface area contributed by atoms with E-state index in [1.54, 1.807) is 0 Å². The molecule has 1 aromatic carbocycles. The Hall–Kier alpha value is -2.05. The Labute approximate surface area is 120 Å².